The summed E-state index contributed by atoms with van der Waals surface area (Å²) < 4.78 is 1.99. The molecule has 0 bridgehead atoms. The lowest BCUT2D eigenvalue weighted by Gasteiger charge is -2.02. The van der Waals surface area contributed by atoms with Gasteiger partial charge >= 0.3 is 0 Å². The molecular weight excluding hydrogens is 268 g/mol. The first-order chi connectivity index (χ1) is 9.79. The molecule has 0 radical (unpaired) electrons. The van der Waals surface area contributed by atoms with Crippen LogP contribution in [0.4, 0.5) is 0 Å². The van der Waals surface area contributed by atoms with Gasteiger partial charge in [-0.05, 0) is 12.1 Å². The van der Waals surface area contributed by atoms with Crippen molar-refractivity contribution in [2.24, 2.45) is 12.8 Å². The van der Waals surface area contributed by atoms with Crippen LogP contribution >= 0.6 is 11.3 Å². The minimum Gasteiger partial charge on any atom is -0.333 e. The Kier molecular flexibility index (Phi) is 3.62. The van der Waals surface area contributed by atoms with Gasteiger partial charge in [0.1, 0.15) is 5.69 Å². The smallest absolute Gasteiger partial charge is 0.159 e. The van der Waals surface area contributed by atoms with Crippen molar-refractivity contribution in [1.82, 2.24) is 14.5 Å². The third kappa shape index (κ3) is 2.37. The molecule has 5 heteroatoms. The summed E-state index contributed by atoms with van der Waals surface area (Å²) in [6.45, 7) is 0.613. The average Bonchev–Trinajstić information content (AvgIpc) is 3.06. The Morgan fingerprint density at radius 2 is 2.05 bits per heavy atom. The van der Waals surface area contributed by atoms with E-state index in [0.717, 1.165) is 27.8 Å². The maximum atomic E-state index is 5.65. The van der Waals surface area contributed by atoms with Crippen LogP contribution in [0.2, 0.25) is 0 Å². The molecule has 0 saturated carbocycles. The molecule has 2 aromatic heterocycles. The first-order valence-electron chi connectivity index (χ1n) is 6.52. The Balaban J connectivity index is 2.15. The van der Waals surface area contributed by atoms with Crippen LogP contribution in [0.5, 0.6) is 0 Å². The molecule has 0 aliphatic rings. The van der Waals surface area contributed by atoms with Crippen LogP contribution in [0.1, 0.15) is 5.01 Å². The summed E-state index contributed by atoms with van der Waals surface area (Å²) >= 11 is 1.70. The quantitative estimate of drug-likeness (QED) is 0.801. The largest absolute Gasteiger partial charge is 0.333 e. The molecule has 0 unspecified atom stereocenters. The molecule has 1 aromatic carbocycles. The van der Waals surface area contributed by atoms with Gasteiger partial charge in [-0.15, -0.1) is 11.3 Å². The summed E-state index contributed by atoms with van der Waals surface area (Å²) in [6.07, 6.45) is 4.53. The van der Waals surface area contributed by atoms with Crippen LogP contribution in [0.15, 0.2) is 42.7 Å². The van der Waals surface area contributed by atoms with Crippen LogP contribution in [-0.4, -0.2) is 21.1 Å². The number of thiazole rings is 1. The minimum atomic E-state index is 0.613. The van der Waals surface area contributed by atoms with Crippen molar-refractivity contribution in [3.63, 3.8) is 0 Å². The summed E-state index contributed by atoms with van der Waals surface area (Å²) in [4.78, 5) is 10.3. The molecule has 0 spiro atoms. The van der Waals surface area contributed by atoms with Crippen molar-refractivity contribution in [1.29, 1.82) is 0 Å². The van der Waals surface area contributed by atoms with Gasteiger partial charge in [-0.2, -0.15) is 0 Å². The molecule has 4 nitrogen and oxygen atoms in total. The normalized spacial score (nSPS) is 10.9. The number of aromatic nitrogens is 3. The Hall–Kier alpha value is -1.98. The summed E-state index contributed by atoms with van der Waals surface area (Å²) in [6, 6.07) is 10.3. The van der Waals surface area contributed by atoms with Crippen molar-refractivity contribution in [3.8, 4) is 22.0 Å². The molecule has 0 aliphatic heterocycles. The van der Waals surface area contributed by atoms with Gasteiger partial charge in [0, 0.05) is 25.9 Å². The maximum Gasteiger partial charge on any atom is 0.159 e. The monoisotopic (exact) mass is 284 g/mol. The predicted molar refractivity (Wildman–Crippen MR) is 82.5 cm³/mol. The zero-order valence-electron chi connectivity index (χ0n) is 11.3. The summed E-state index contributed by atoms with van der Waals surface area (Å²) in [7, 11) is 1.99. The molecule has 0 aliphatic carbocycles. The average molecular weight is 284 g/mol. The van der Waals surface area contributed by atoms with Gasteiger partial charge in [0.15, 0.2) is 5.82 Å². The number of rotatable bonds is 4. The summed E-state index contributed by atoms with van der Waals surface area (Å²) in [5.74, 6) is 0.892. The molecular formula is C15H16N4S. The number of nitrogens with two attached hydrogens (primary N) is 1. The standard InChI is InChI=1S/C15H16N4S/c1-19-10-9-17-15(19)13-14(11-5-3-2-4-6-11)20-12(18-13)7-8-16/h2-6,9-10H,7-8,16H2,1H3. The van der Waals surface area contributed by atoms with E-state index < -0.39 is 0 Å². The zero-order valence-corrected chi connectivity index (χ0v) is 12.1. The Bertz CT molecular complexity index is 700. The first kappa shape index (κ1) is 13.0. The second-order valence-electron chi connectivity index (χ2n) is 4.55. The number of aryl methyl sites for hydroxylation is 1. The van der Waals surface area contributed by atoms with E-state index in [2.05, 4.69) is 17.1 Å². The Labute approximate surface area is 121 Å². The second kappa shape index (κ2) is 5.56. The van der Waals surface area contributed by atoms with Gasteiger partial charge in [-0.3, -0.25) is 0 Å². The number of nitrogens with zero attached hydrogens (tertiary/aromatic N) is 3. The predicted octanol–water partition coefficient (Wildman–Crippen LogP) is 2.71. The van der Waals surface area contributed by atoms with Gasteiger partial charge in [0.25, 0.3) is 0 Å². The molecule has 0 amide bonds. The SMILES string of the molecule is Cn1ccnc1-c1nc(CCN)sc1-c1ccccc1. The number of hydrogen-bond donors (Lipinski definition) is 1. The molecule has 102 valence electrons. The van der Waals surface area contributed by atoms with Crippen molar-refractivity contribution < 1.29 is 0 Å². The van der Waals surface area contributed by atoms with Gasteiger partial charge in [-0.25, -0.2) is 9.97 Å². The third-order valence-electron chi connectivity index (χ3n) is 3.10. The Morgan fingerprint density at radius 3 is 2.70 bits per heavy atom. The third-order valence-corrected chi connectivity index (χ3v) is 4.26. The zero-order chi connectivity index (χ0) is 13.9. The molecule has 3 aromatic rings. The lowest BCUT2D eigenvalue weighted by Crippen LogP contribution is -2.02. The second-order valence-corrected chi connectivity index (χ2v) is 5.64. The highest BCUT2D eigenvalue weighted by Gasteiger charge is 2.17. The van der Waals surface area contributed by atoms with Crippen molar-refractivity contribution in [2.45, 2.75) is 6.42 Å². The van der Waals surface area contributed by atoms with Gasteiger partial charge in [-0.1, -0.05) is 30.3 Å². The van der Waals surface area contributed by atoms with E-state index in [0.29, 0.717) is 6.54 Å². The van der Waals surface area contributed by atoms with Crippen molar-refractivity contribution >= 4 is 11.3 Å². The molecule has 3 rings (SSSR count). The molecule has 0 atom stereocenters. The number of hydrogen-bond acceptors (Lipinski definition) is 4. The number of benzene rings is 1. The molecule has 0 saturated heterocycles. The van der Waals surface area contributed by atoms with Crippen LogP contribution in [0.25, 0.3) is 22.0 Å². The van der Waals surface area contributed by atoms with Crippen LogP contribution < -0.4 is 5.73 Å². The first-order valence-corrected chi connectivity index (χ1v) is 7.34. The van der Waals surface area contributed by atoms with E-state index in [1.807, 2.05) is 36.0 Å². The number of imidazole rings is 1. The fraction of sp³-hybridized carbons (Fsp3) is 0.200. The molecule has 0 fully saturated rings. The highest BCUT2D eigenvalue weighted by Crippen LogP contribution is 2.35. The topological polar surface area (TPSA) is 56.7 Å². The lowest BCUT2D eigenvalue weighted by atomic mass is 10.1. The van der Waals surface area contributed by atoms with Crippen LogP contribution in [-0.2, 0) is 13.5 Å². The van der Waals surface area contributed by atoms with Gasteiger partial charge < -0.3 is 10.3 Å². The van der Waals surface area contributed by atoms with Crippen molar-refractivity contribution in [3.05, 3.63) is 47.7 Å². The fourth-order valence-electron chi connectivity index (χ4n) is 2.13. The molecule has 2 heterocycles. The highest BCUT2D eigenvalue weighted by molar-refractivity contribution is 7.15. The van der Waals surface area contributed by atoms with E-state index >= 15 is 0 Å². The minimum absolute atomic E-state index is 0.613. The van der Waals surface area contributed by atoms with E-state index in [1.54, 1.807) is 17.5 Å². The molecule has 2 N–H and O–H groups in total. The van der Waals surface area contributed by atoms with Crippen molar-refractivity contribution in [2.75, 3.05) is 6.54 Å². The highest BCUT2D eigenvalue weighted by atomic mass is 32.1. The summed E-state index contributed by atoms with van der Waals surface area (Å²) in [5.41, 5.74) is 7.77. The fourth-order valence-corrected chi connectivity index (χ4v) is 3.21. The van der Waals surface area contributed by atoms with Crippen LogP contribution in [0, 0.1) is 0 Å². The van der Waals surface area contributed by atoms with E-state index in [4.69, 9.17) is 10.7 Å². The maximum absolute atomic E-state index is 5.65. The molecule has 20 heavy (non-hydrogen) atoms. The van der Waals surface area contributed by atoms with Gasteiger partial charge in [0.2, 0.25) is 0 Å². The van der Waals surface area contributed by atoms with Crippen LogP contribution in [0.3, 0.4) is 0 Å². The van der Waals surface area contributed by atoms with Gasteiger partial charge in [0.05, 0.1) is 9.88 Å². The Morgan fingerprint density at radius 1 is 1.25 bits per heavy atom. The summed E-state index contributed by atoms with van der Waals surface area (Å²) in [5, 5.41) is 1.06. The lowest BCUT2D eigenvalue weighted by molar-refractivity contribution is 0.911. The van der Waals surface area contributed by atoms with E-state index in [1.165, 1.54) is 5.56 Å². The van der Waals surface area contributed by atoms with E-state index in [-0.39, 0.29) is 0 Å². The van der Waals surface area contributed by atoms with E-state index in [9.17, 15) is 0 Å².